The van der Waals surface area contributed by atoms with Crippen molar-refractivity contribution < 1.29 is 23.1 Å². The number of aldehydes is 1. The number of nitrogens with one attached hydrogen (secondary N) is 1. The molecule has 3 aromatic rings. The highest BCUT2D eigenvalue weighted by Gasteiger charge is 2.38. The van der Waals surface area contributed by atoms with Gasteiger partial charge in [-0.25, -0.2) is 0 Å². The lowest BCUT2D eigenvalue weighted by Gasteiger charge is -2.32. The highest BCUT2D eigenvalue weighted by atomic mass is 32.2. The van der Waals surface area contributed by atoms with Gasteiger partial charge < -0.3 is 15.0 Å². The van der Waals surface area contributed by atoms with Gasteiger partial charge in [-0.3, -0.25) is 14.6 Å². The molecule has 1 amide bonds. The predicted octanol–water partition coefficient (Wildman–Crippen LogP) is 7.71. The minimum atomic E-state index is -2.91. The molecule has 240 valence electrons. The summed E-state index contributed by atoms with van der Waals surface area (Å²) in [7, 11) is 1.75. The van der Waals surface area contributed by atoms with Crippen molar-refractivity contribution in [2.45, 2.75) is 62.1 Å². The predicted molar refractivity (Wildman–Crippen MR) is 179 cm³/mol. The van der Waals surface area contributed by atoms with E-state index in [-0.39, 0.29) is 35.6 Å². The summed E-state index contributed by atoms with van der Waals surface area (Å²) in [4.78, 5) is 33.3. The van der Waals surface area contributed by atoms with Gasteiger partial charge in [0, 0.05) is 35.4 Å². The number of allylic oxidation sites excluding steroid dienone is 1. The Hall–Kier alpha value is -3.98. The Labute approximate surface area is 273 Å². The van der Waals surface area contributed by atoms with Crippen molar-refractivity contribution >= 4 is 35.4 Å². The standard InChI is InChI=1S/C37H39F2N3O3S/c1-3-24-18-32-33(19-30(24)29-10-6-7-11-34(29)45-37(38)39)41-35(40-32)31(25-14-16-27(17-15-25)46-22-23-12-13-23)20-42(2)36(44)28-9-5-4-8-26(28)21-43/h4-11,14-17,19,21,23-24,31-33,37H,3,12-13,18,20,22H2,1-2H3,(H,40,41). The van der Waals surface area contributed by atoms with Gasteiger partial charge in [-0.1, -0.05) is 61.5 Å². The van der Waals surface area contributed by atoms with Gasteiger partial charge in [0.1, 0.15) is 11.6 Å². The summed E-state index contributed by atoms with van der Waals surface area (Å²) in [5.41, 5.74) is 3.40. The minimum Gasteiger partial charge on any atom is -0.434 e. The molecule has 0 spiro atoms. The maximum atomic E-state index is 13.6. The molecule has 1 heterocycles. The van der Waals surface area contributed by atoms with Crippen LogP contribution in [-0.4, -0.2) is 61.0 Å². The third kappa shape index (κ3) is 7.20. The zero-order valence-electron chi connectivity index (χ0n) is 26.1. The second-order valence-corrected chi connectivity index (χ2v) is 13.5. The van der Waals surface area contributed by atoms with Gasteiger partial charge in [-0.15, -0.1) is 11.8 Å². The topological polar surface area (TPSA) is 71.0 Å². The molecular formula is C37H39F2N3O3S. The van der Waals surface area contributed by atoms with E-state index >= 15 is 0 Å². The van der Waals surface area contributed by atoms with Crippen LogP contribution < -0.4 is 10.1 Å². The van der Waals surface area contributed by atoms with Crippen LogP contribution in [0.1, 0.15) is 70.4 Å². The van der Waals surface area contributed by atoms with Crippen LogP contribution in [0.15, 0.2) is 88.8 Å². The molecule has 4 unspecified atom stereocenters. The summed E-state index contributed by atoms with van der Waals surface area (Å²) in [5, 5.41) is 3.70. The molecule has 2 aliphatic carbocycles. The second kappa shape index (κ2) is 14.2. The molecule has 1 N–H and O–H groups in total. The molecule has 9 heteroatoms. The summed E-state index contributed by atoms with van der Waals surface area (Å²) in [5.74, 6) is 2.58. The molecule has 0 saturated heterocycles. The van der Waals surface area contributed by atoms with E-state index in [4.69, 9.17) is 9.73 Å². The van der Waals surface area contributed by atoms with Gasteiger partial charge >= 0.3 is 6.61 Å². The van der Waals surface area contributed by atoms with Gasteiger partial charge in [-0.2, -0.15) is 8.78 Å². The average Bonchev–Trinajstić information content (AvgIpc) is 3.82. The molecule has 6 rings (SSSR count). The lowest BCUT2D eigenvalue weighted by atomic mass is 9.78. The Kier molecular flexibility index (Phi) is 9.87. The fourth-order valence-electron chi connectivity index (χ4n) is 6.46. The number of nitrogens with zero attached hydrogens (tertiary/aromatic N) is 2. The first kappa shape index (κ1) is 32.0. The Morgan fingerprint density at radius 3 is 2.54 bits per heavy atom. The van der Waals surface area contributed by atoms with E-state index in [1.165, 1.54) is 17.7 Å². The molecule has 3 aromatic carbocycles. The van der Waals surface area contributed by atoms with Crippen molar-refractivity contribution in [3.63, 3.8) is 0 Å². The summed E-state index contributed by atoms with van der Waals surface area (Å²) in [6.45, 7) is -0.450. The minimum absolute atomic E-state index is 0.0412. The van der Waals surface area contributed by atoms with Crippen molar-refractivity contribution in [3.8, 4) is 5.75 Å². The summed E-state index contributed by atoms with van der Waals surface area (Å²) >= 11 is 1.88. The number of carbonyl (C=O) groups is 2. The number of amides is 1. The molecule has 0 aromatic heterocycles. The van der Waals surface area contributed by atoms with E-state index in [1.807, 2.05) is 23.9 Å². The van der Waals surface area contributed by atoms with Crippen molar-refractivity contribution in [2.75, 3.05) is 19.3 Å². The fourth-order valence-corrected chi connectivity index (χ4v) is 7.55. The van der Waals surface area contributed by atoms with Crippen LogP contribution in [0.25, 0.3) is 5.57 Å². The van der Waals surface area contributed by atoms with Crippen molar-refractivity contribution in [1.29, 1.82) is 0 Å². The lowest BCUT2D eigenvalue weighted by Crippen LogP contribution is -2.42. The molecule has 0 bridgehead atoms. The van der Waals surface area contributed by atoms with Crippen LogP contribution >= 0.6 is 11.8 Å². The molecule has 0 radical (unpaired) electrons. The average molecular weight is 644 g/mol. The Morgan fingerprint density at radius 1 is 1.09 bits per heavy atom. The van der Waals surface area contributed by atoms with E-state index in [1.54, 1.807) is 48.3 Å². The number of para-hydroxylation sites is 1. The molecule has 6 nitrogen and oxygen atoms in total. The van der Waals surface area contributed by atoms with Gasteiger partial charge in [0.05, 0.1) is 23.6 Å². The monoisotopic (exact) mass is 643 g/mol. The molecule has 1 aliphatic heterocycles. The molecular weight excluding hydrogens is 604 g/mol. The number of hydrogen-bond acceptors (Lipinski definition) is 6. The zero-order valence-corrected chi connectivity index (χ0v) is 26.9. The third-order valence-electron chi connectivity index (χ3n) is 9.19. The van der Waals surface area contributed by atoms with Crippen LogP contribution in [0.3, 0.4) is 0 Å². The first-order chi connectivity index (χ1) is 22.3. The second-order valence-electron chi connectivity index (χ2n) is 12.4. The van der Waals surface area contributed by atoms with E-state index in [0.29, 0.717) is 29.5 Å². The Morgan fingerprint density at radius 2 is 1.83 bits per heavy atom. The first-order valence-corrected chi connectivity index (χ1v) is 17.0. The number of hydrogen-bond donors (Lipinski definition) is 1. The number of carbonyl (C=O) groups excluding carboxylic acids is 2. The summed E-state index contributed by atoms with van der Waals surface area (Å²) in [6.07, 6.45) is 7.06. The normalized spacial score (nSPS) is 21.1. The maximum absolute atomic E-state index is 13.6. The number of alkyl halides is 2. The first-order valence-electron chi connectivity index (χ1n) is 16.0. The lowest BCUT2D eigenvalue weighted by molar-refractivity contribution is -0.0500. The highest BCUT2D eigenvalue weighted by Crippen LogP contribution is 2.42. The van der Waals surface area contributed by atoms with Gasteiger partial charge in [0.25, 0.3) is 5.91 Å². The van der Waals surface area contributed by atoms with E-state index < -0.39 is 6.61 Å². The summed E-state index contributed by atoms with van der Waals surface area (Å²) in [6, 6.07) is 22.2. The molecule has 46 heavy (non-hydrogen) atoms. The number of likely N-dealkylation sites (N-methyl/N-ethyl adjacent to an activating group) is 1. The number of fused-ring (bicyclic) bond motifs is 1. The number of benzene rings is 3. The molecule has 1 fully saturated rings. The third-order valence-corrected chi connectivity index (χ3v) is 10.4. The highest BCUT2D eigenvalue weighted by molar-refractivity contribution is 7.99. The zero-order chi connectivity index (χ0) is 32.2. The largest absolute Gasteiger partial charge is 0.434 e. The molecule has 1 saturated carbocycles. The Bertz CT molecular complexity index is 1620. The van der Waals surface area contributed by atoms with Gasteiger partial charge in [0.15, 0.2) is 6.29 Å². The molecule has 3 aliphatic rings. The quantitative estimate of drug-likeness (QED) is 0.153. The van der Waals surface area contributed by atoms with Crippen LogP contribution in [0.5, 0.6) is 5.75 Å². The van der Waals surface area contributed by atoms with Crippen molar-refractivity contribution in [2.24, 2.45) is 16.8 Å². The number of aliphatic imine (C=N–C) groups is 1. The van der Waals surface area contributed by atoms with E-state index in [2.05, 4.69) is 42.6 Å². The summed E-state index contributed by atoms with van der Waals surface area (Å²) < 4.78 is 31.4. The number of halogens is 2. The van der Waals surface area contributed by atoms with E-state index in [9.17, 15) is 18.4 Å². The number of thioether (sulfide) groups is 1. The van der Waals surface area contributed by atoms with Gasteiger partial charge in [0.2, 0.25) is 0 Å². The van der Waals surface area contributed by atoms with E-state index in [0.717, 1.165) is 41.5 Å². The van der Waals surface area contributed by atoms with Crippen LogP contribution in [0.2, 0.25) is 0 Å². The van der Waals surface area contributed by atoms with Crippen LogP contribution in [0.4, 0.5) is 8.78 Å². The maximum Gasteiger partial charge on any atom is 0.387 e. The van der Waals surface area contributed by atoms with Crippen LogP contribution in [-0.2, 0) is 0 Å². The fraction of sp³-hybridized carbons (Fsp3) is 0.378. The number of ether oxygens (including phenoxy) is 1. The van der Waals surface area contributed by atoms with Crippen molar-refractivity contribution in [1.82, 2.24) is 10.2 Å². The smallest absolute Gasteiger partial charge is 0.387 e. The van der Waals surface area contributed by atoms with Gasteiger partial charge in [-0.05, 0) is 72.9 Å². The van der Waals surface area contributed by atoms with Crippen molar-refractivity contribution in [3.05, 3.63) is 101 Å². The number of rotatable bonds is 13. The number of amidine groups is 1. The molecule has 4 atom stereocenters. The SMILES string of the molecule is CCC1CC2NC(C(CN(C)C(=O)c3ccccc3C=O)c3ccc(SCC4CC4)cc3)=NC2C=C1c1ccccc1OC(F)F. The van der Waals surface area contributed by atoms with Crippen LogP contribution in [0, 0.1) is 11.8 Å². The Balaban J connectivity index is 1.31.